The Labute approximate surface area is 171 Å². The van der Waals surface area contributed by atoms with Crippen LogP contribution in [0.4, 0.5) is 10.1 Å². The lowest BCUT2D eigenvalue weighted by Gasteiger charge is -2.10. The zero-order chi connectivity index (χ0) is 20.8. The molecule has 7 nitrogen and oxygen atoms in total. The van der Waals surface area contributed by atoms with Crippen LogP contribution in [0.2, 0.25) is 0 Å². The van der Waals surface area contributed by atoms with Crippen LogP contribution in [0.15, 0.2) is 58.7 Å². The Balaban J connectivity index is 1.61. The minimum atomic E-state index is -0.607. The molecule has 29 heavy (non-hydrogen) atoms. The third-order valence-electron chi connectivity index (χ3n) is 4.08. The summed E-state index contributed by atoms with van der Waals surface area (Å²) in [5, 5.41) is 13.2. The third-order valence-corrected chi connectivity index (χ3v) is 5.15. The van der Waals surface area contributed by atoms with Crippen molar-refractivity contribution in [1.29, 1.82) is 0 Å². The summed E-state index contributed by atoms with van der Waals surface area (Å²) in [6, 6.07) is 12.9. The molecule has 1 saturated heterocycles. The molecule has 1 unspecified atom stereocenters. The molecule has 1 aliphatic heterocycles. The molecule has 9 heteroatoms. The molecule has 1 fully saturated rings. The number of hydrogen-bond donors (Lipinski definition) is 2. The molecule has 0 aromatic heterocycles. The van der Waals surface area contributed by atoms with Crippen LogP contribution >= 0.6 is 11.8 Å². The Morgan fingerprint density at radius 1 is 1.24 bits per heavy atom. The number of anilines is 1. The first-order chi connectivity index (χ1) is 14.0. The normalized spacial score (nSPS) is 17.9. The smallest absolute Gasteiger partial charge is 0.240 e. The van der Waals surface area contributed by atoms with Crippen molar-refractivity contribution in [2.24, 2.45) is 10.2 Å². The number of carbonyl (C=O) groups is 2. The van der Waals surface area contributed by atoms with Gasteiger partial charge in [0.25, 0.3) is 0 Å². The summed E-state index contributed by atoms with van der Waals surface area (Å²) >= 11 is 1.14. The van der Waals surface area contributed by atoms with E-state index in [9.17, 15) is 14.0 Å². The molecular formula is C20H19FN4O3S. The van der Waals surface area contributed by atoms with Crippen LogP contribution in [0.3, 0.4) is 0 Å². The number of thioether (sulfide) groups is 1. The maximum Gasteiger partial charge on any atom is 0.240 e. The second-order valence-electron chi connectivity index (χ2n) is 6.15. The molecule has 0 spiro atoms. The van der Waals surface area contributed by atoms with Crippen LogP contribution in [-0.2, 0) is 9.59 Å². The van der Waals surface area contributed by atoms with Gasteiger partial charge in [-0.05, 0) is 36.8 Å². The molecule has 1 heterocycles. The minimum Gasteiger partial charge on any atom is -0.495 e. The average Bonchev–Trinajstić information content (AvgIpc) is 3.06. The highest BCUT2D eigenvalue weighted by molar-refractivity contribution is 8.15. The van der Waals surface area contributed by atoms with E-state index in [1.54, 1.807) is 43.3 Å². The van der Waals surface area contributed by atoms with Crippen LogP contribution in [0, 0.1) is 5.82 Å². The molecule has 1 aliphatic rings. The summed E-state index contributed by atoms with van der Waals surface area (Å²) in [5.74, 6) is -0.411. The van der Waals surface area contributed by atoms with Gasteiger partial charge in [0.1, 0.15) is 16.8 Å². The van der Waals surface area contributed by atoms with Gasteiger partial charge < -0.3 is 15.4 Å². The number of halogens is 1. The van der Waals surface area contributed by atoms with E-state index in [0.717, 1.165) is 17.3 Å². The molecule has 150 valence electrons. The number of benzene rings is 2. The fourth-order valence-corrected chi connectivity index (χ4v) is 3.49. The molecule has 3 rings (SSSR count). The van der Waals surface area contributed by atoms with Crippen LogP contribution in [0.25, 0.3) is 0 Å². The van der Waals surface area contributed by atoms with Crippen molar-refractivity contribution in [3.05, 3.63) is 59.9 Å². The van der Waals surface area contributed by atoms with Crippen LogP contribution in [0.5, 0.6) is 5.75 Å². The van der Waals surface area contributed by atoms with E-state index in [-0.39, 0.29) is 24.1 Å². The topological polar surface area (TPSA) is 92.2 Å². The van der Waals surface area contributed by atoms with Crippen molar-refractivity contribution in [3.8, 4) is 5.75 Å². The molecule has 0 aliphatic carbocycles. The molecule has 2 amide bonds. The van der Waals surface area contributed by atoms with Gasteiger partial charge in [-0.1, -0.05) is 36.0 Å². The van der Waals surface area contributed by atoms with Gasteiger partial charge >= 0.3 is 0 Å². The first-order valence-electron chi connectivity index (χ1n) is 8.75. The lowest BCUT2D eigenvalue weighted by atomic mass is 10.1. The highest BCUT2D eigenvalue weighted by Crippen LogP contribution is 2.26. The largest absolute Gasteiger partial charge is 0.495 e. The Bertz CT molecular complexity index is 976. The zero-order valence-electron chi connectivity index (χ0n) is 15.8. The van der Waals surface area contributed by atoms with Crippen LogP contribution < -0.4 is 15.4 Å². The number of ether oxygens (including phenoxy) is 1. The second-order valence-corrected chi connectivity index (χ2v) is 7.34. The van der Waals surface area contributed by atoms with E-state index in [2.05, 4.69) is 20.8 Å². The van der Waals surface area contributed by atoms with E-state index >= 15 is 0 Å². The summed E-state index contributed by atoms with van der Waals surface area (Å²) < 4.78 is 18.2. The Morgan fingerprint density at radius 2 is 1.97 bits per heavy atom. The van der Waals surface area contributed by atoms with Gasteiger partial charge in [0.2, 0.25) is 11.8 Å². The number of amidine groups is 1. The lowest BCUT2D eigenvalue weighted by molar-refractivity contribution is -0.122. The standard InChI is InChI=1S/C20H19FN4O3S/c1-12(13-7-9-14(21)10-8-13)24-25-20-23-19(27)17(29-20)11-18(26)22-15-5-3-4-6-16(15)28-2/h3-10,17H,11H2,1-2H3,(H,22,26)(H,23,25,27). The van der Waals surface area contributed by atoms with Gasteiger partial charge in [-0.15, -0.1) is 5.10 Å². The van der Waals surface area contributed by atoms with Crippen molar-refractivity contribution in [3.63, 3.8) is 0 Å². The number of amides is 2. The number of para-hydroxylation sites is 2. The quantitative estimate of drug-likeness (QED) is 0.561. The van der Waals surface area contributed by atoms with E-state index in [1.165, 1.54) is 19.2 Å². The monoisotopic (exact) mass is 414 g/mol. The predicted octanol–water partition coefficient (Wildman–Crippen LogP) is 3.17. The van der Waals surface area contributed by atoms with Gasteiger partial charge in [-0.2, -0.15) is 5.10 Å². The number of nitrogens with one attached hydrogen (secondary N) is 2. The Kier molecular flexibility index (Phi) is 6.61. The van der Waals surface area contributed by atoms with Gasteiger partial charge in [0, 0.05) is 6.42 Å². The number of rotatable bonds is 6. The minimum absolute atomic E-state index is 0.0196. The maximum atomic E-state index is 13.0. The fourth-order valence-electron chi connectivity index (χ4n) is 2.57. The zero-order valence-corrected chi connectivity index (χ0v) is 16.6. The molecular weight excluding hydrogens is 395 g/mol. The number of carbonyl (C=O) groups excluding carboxylic acids is 2. The molecule has 0 bridgehead atoms. The summed E-state index contributed by atoms with van der Waals surface area (Å²) in [7, 11) is 1.52. The van der Waals surface area contributed by atoms with Crippen molar-refractivity contribution in [2.45, 2.75) is 18.6 Å². The van der Waals surface area contributed by atoms with E-state index in [4.69, 9.17) is 4.74 Å². The first kappa shape index (κ1) is 20.5. The van der Waals surface area contributed by atoms with Gasteiger partial charge in [-0.3, -0.25) is 9.59 Å². The van der Waals surface area contributed by atoms with Crippen molar-refractivity contribution >= 4 is 40.1 Å². The molecule has 2 N–H and O–H groups in total. The highest BCUT2D eigenvalue weighted by Gasteiger charge is 2.32. The predicted molar refractivity (Wildman–Crippen MR) is 112 cm³/mol. The van der Waals surface area contributed by atoms with Crippen LogP contribution in [-0.4, -0.2) is 35.1 Å². The fraction of sp³-hybridized carbons (Fsp3) is 0.200. The van der Waals surface area contributed by atoms with Crippen molar-refractivity contribution in [1.82, 2.24) is 5.32 Å². The Morgan fingerprint density at radius 3 is 2.69 bits per heavy atom. The lowest BCUT2D eigenvalue weighted by Crippen LogP contribution is -2.28. The number of nitrogens with zero attached hydrogens (tertiary/aromatic N) is 2. The second kappa shape index (κ2) is 9.33. The maximum absolute atomic E-state index is 13.0. The SMILES string of the molecule is COc1ccccc1NC(=O)CC1SC(=NN=C(C)c2ccc(F)cc2)NC1=O. The summed E-state index contributed by atoms with van der Waals surface area (Å²) in [5.41, 5.74) is 1.83. The summed E-state index contributed by atoms with van der Waals surface area (Å²) in [4.78, 5) is 24.4. The van der Waals surface area contributed by atoms with E-state index in [0.29, 0.717) is 22.3 Å². The number of hydrogen-bond acceptors (Lipinski definition) is 6. The van der Waals surface area contributed by atoms with Gasteiger partial charge in [0.05, 0.1) is 18.5 Å². The molecule has 0 saturated carbocycles. The third kappa shape index (κ3) is 5.41. The van der Waals surface area contributed by atoms with Gasteiger partial charge in [-0.25, -0.2) is 4.39 Å². The summed E-state index contributed by atoms with van der Waals surface area (Å²) in [6.45, 7) is 1.73. The van der Waals surface area contributed by atoms with Crippen LogP contribution in [0.1, 0.15) is 18.9 Å². The Hall–Kier alpha value is -3.20. The summed E-state index contributed by atoms with van der Waals surface area (Å²) in [6.07, 6.45) is -0.0196. The van der Waals surface area contributed by atoms with Crippen molar-refractivity contribution in [2.75, 3.05) is 12.4 Å². The molecule has 0 radical (unpaired) electrons. The van der Waals surface area contributed by atoms with Crippen molar-refractivity contribution < 1.29 is 18.7 Å². The number of methoxy groups -OCH3 is 1. The van der Waals surface area contributed by atoms with Gasteiger partial charge in [0.15, 0.2) is 5.17 Å². The molecule has 2 aromatic carbocycles. The average molecular weight is 414 g/mol. The van der Waals surface area contributed by atoms with E-state index in [1.807, 2.05) is 0 Å². The highest BCUT2D eigenvalue weighted by atomic mass is 32.2. The van der Waals surface area contributed by atoms with E-state index < -0.39 is 5.25 Å². The molecule has 2 aromatic rings. The first-order valence-corrected chi connectivity index (χ1v) is 9.63. The molecule has 1 atom stereocenters.